The molecular formula is C12H19N3. The van der Waals surface area contributed by atoms with Crippen LogP contribution in [-0.2, 0) is 13.0 Å². The zero-order valence-electron chi connectivity index (χ0n) is 9.53. The van der Waals surface area contributed by atoms with E-state index in [0.29, 0.717) is 5.92 Å². The number of nitrogens with zero attached hydrogens (tertiary/aromatic N) is 2. The van der Waals surface area contributed by atoms with Gasteiger partial charge in [0.15, 0.2) is 0 Å². The molecule has 0 bridgehead atoms. The first-order chi connectivity index (χ1) is 7.24. The maximum atomic E-state index is 4.37. The summed E-state index contributed by atoms with van der Waals surface area (Å²) in [5, 5.41) is 3.45. The molecule has 1 aliphatic rings. The first-order valence-corrected chi connectivity index (χ1v) is 5.77. The van der Waals surface area contributed by atoms with Crippen LogP contribution in [0.1, 0.15) is 38.1 Å². The molecule has 0 amide bonds. The normalized spacial score (nSPS) is 15.9. The Kier molecular flexibility index (Phi) is 3.31. The molecule has 0 atom stereocenters. The van der Waals surface area contributed by atoms with Crippen LogP contribution in [-0.4, -0.2) is 16.0 Å². The smallest absolute Gasteiger partial charge is 0.128 e. The van der Waals surface area contributed by atoms with Crippen molar-refractivity contribution in [3.05, 3.63) is 23.8 Å². The highest BCUT2D eigenvalue weighted by Gasteiger charge is 2.19. The third-order valence-corrected chi connectivity index (χ3v) is 2.52. The van der Waals surface area contributed by atoms with Crippen LogP contribution >= 0.6 is 0 Å². The van der Waals surface area contributed by atoms with E-state index in [2.05, 4.69) is 29.1 Å². The van der Waals surface area contributed by atoms with Crippen LogP contribution < -0.4 is 5.32 Å². The molecule has 0 aliphatic heterocycles. The van der Waals surface area contributed by atoms with Gasteiger partial charge in [-0.1, -0.05) is 13.8 Å². The van der Waals surface area contributed by atoms with Crippen molar-refractivity contribution in [3.63, 3.8) is 0 Å². The minimum absolute atomic E-state index is 0.625. The van der Waals surface area contributed by atoms with Crippen molar-refractivity contribution >= 4 is 0 Å². The second-order valence-corrected chi connectivity index (χ2v) is 4.76. The third kappa shape index (κ3) is 3.59. The molecule has 0 saturated heterocycles. The zero-order valence-corrected chi connectivity index (χ0v) is 9.53. The quantitative estimate of drug-likeness (QED) is 0.798. The van der Waals surface area contributed by atoms with E-state index >= 15 is 0 Å². The molecule has 0 spiro atoms. The van der Waals surface area contributed by atoms with E-state index in [1.165, 1.54) is 18.4 Å². The average Bonchev–Trinajstić information content (AvgIpc) is 2.99. The van der Waals surface area contributed by atoms with Crippen molar-refractivity contribution < 1.29 is 0 Å². The van der Waals surface area contributed by atoms with Gasteiger partial charge in [-0.2, -0.15) is 0 Å². The highest BCUT2D eigenvalue weighted by Crippen LogP contribution is 2.19. The fourth-order valence-corrected chi connectivity index (χ4v) is 1.49. The lowest BCUT2D eigenvalue weighted by molar-refractivity contribution is 0.616. The van der Waals surface area contributed by atoms with Crippen LogP contribution in [0.25, 0.3) is 0 Å². The van der Waals surface area contributed by atoms with E-state index in [1.54, 1.807) is 0 Å². The zero-order chi connectivity index (χ0) is 10.7. The van der Waals surface area contributed by atoms with Crippen molar-refractivity contribution in [2.24, 2.45) is 5.92 Å². The highest BCUT2D eigenvalue weighted by molar-refractivity contribution is 5.06. The molecular weight excluding hydrogens is 186 g/mol. The molecule has 1 aromatic heterocycles. The van der Waals surface area contributed by atoms with Gasteiger partial charge in [0.1, 0.15) is 5.82 Å². The van der Waals surface area contributed by atoms with Gasteiger partial charge in [0.2, 0.25) is 0 Å². The van der Waals surface area contributed by atoms with Crippen molar-refractivity contribution in [2.45, 2.75) is 45.7 Å². The third-order valence-electron chi connectivity index (χ3n) is 2.52. The highest BCUT2D eigenvalue weighted by atomic mass is 15.0. The molecule has 3 nitrogen and oxygen atoms in total. The fraction of sp³-hybridized carbons (Fsp3) is 0.667. The van der Waals surface area contributed by atoms with E-state index < -0.39 is 0 Å². The molecule has 3 heteroatoms. The summed E-state index contributed by atoms with van der Waals surface area (Å²) in [6, 6.07) is 0.750. The van der Waals surface area contributed by atoms with Gasteiger partial charge in [-0.3, -0.25) is 0 Å². The van der Waals surface area contributed by atoms with Gasteiger partial charge < -0.3 is 5.32 Å². The molecule has 1 heterocycles. The monoisotopic (exact) mass is 205 g/mol. The van der Waals surface area contributed by atoms with Gasteiger partial charge in [-0.15, -0.1) is 0 Å². The van der Waals surface area contributed by atoms with Crippen LogP contribution in [0, 0.1) is 5.92 Å². The second kappa shape index (κ2) is 4.71. The minimum atomic E-state index is 0.625. The molecule has 0 unspecified atom stereocenters. The van der Waals surface area contributed by atoms with Crippen molar-refractivity contribution in [1.82, 2.24) is 15.3 Å². The number of rotatable bonds is 5. The van der Waals surface area contributed by atoms with Gasteiger partial charge in [0, 0.05) is 37.0 Å². The summed E-state index contributed by atoms with van der Waals surface area (Å²) >= 11 is 0. The Hall–Kier alpha value is -0.960. The van der Waals surface area contributed by atoms with Crippen molar-refractivity contribution in [2.75, 3.05) is 0 Å². The number of aromatic nitrogens is 2. The van der Waals surface area contributed by atoms with E-state index in [9.17, 15) is 0 Å². The van der Waals surface area contributed by atoms with Gasteiger partial charge in [0.25, 0.3) is 0 Å². The summed E-state index contributed by atoms with van der Waals surface area (Å²) in [7, 11) is 0. The lowest BCUT2D eigenvalue weighted by Gasteiger charge is -2.05. The molecule has 0 aromatic carbocycles. The first kappa shape index (κ1) is 10.6. The Morgan fingerprint density at radius 1 is 1.33 bits per heavy atom. The minimum Gasteiger partial charge on any atom is -0.310 e. The van der Waals surface area contributed by atoms with Gasteiger partial charge >= 0.3 is 0 Å². The fourth-order valence-electron chi connectivity index (χ4n) is 1.49. The topological polar surface area (TPSA) is 37.8 Å². The summed E-state index contributed by atoms with van der Waals surface area (Å²) in [5.74, 6) is 1.58. The Morgan fingerprint density at radius 3 is 2.53 bits per heavy atom. The standard InChI is InChI=1S/C12H19N3/c1-9(2)5-12-14-7-10(8-15-12)6-13-11-3-4-11/h7-9,11,13H,3-6H2,1-2H3. The van der Waals surface area contributed by atoms with E-state index in [4.69, 9.17) is 0 Å². The number of hydrogen-bond acceptors (Lipinski definition) is 3. The second-order valence-electron chi connectivity index (χ2n) is 4.76. The molecule has 2 rings (SSSR count). The van der Waals surface area contributed by atoms with Gasteiger partial charge in [-0.25, -0.2) is 9.97 Å². The Balaban J connectivity index is 1.85. The van der Waals surface area contributed by atoms with Crippen LogP contribution in [0.4, 0.5) is 0 Å². The Labute approximate surface area is 91.3 Å². The maximum absolute atomic E-state index is 4.37. The molecule has 0 radical (unpaired) electrons. The summed E-state index contributed by atoms with van der Waals surface area (Å²) in [4.78, 5) is 8.73. The predicted molar refractivity (Wildman–Crippen MR) is 60.4 cm³/mol. The molecule has 82 valence electrons. The van der Waals surface area contributed by atoms with Crippen molar-refractivity contribution in [3.8, 4) is 0 Å². The Bertz CT molecular complexity index is 301. The van der Waals surface area contributed by atoms with E-state index in [-0.39, 0.29) is 0 Å². The summed E-state index contributed by atoms with van der Waals surface area (Å²) in [5.41, 5.74) is 1.19. The predicted octanol–water partition coefficient (Wildman–Crippen LogP) is 1.93. The van der Waals surface area contributed by atoms with Crippen LogP contribution in [0.2, 0.25) is 0 Å². The van der Waals surface area contributed by atoms with E-state index in [0.717, 1.165) is 24.8 Å². The molecule has 1 N–H and O–H groups in total. The maximum Gasteiger partial charge on any atom is 0.128 e. The van der Waals surface area contributed by atoms with Gasteiger partial charge in [0.05, 0.1) is 0 Å². The summed E-state index contributed by atoms with van der Waals surface area (Å²) in [6.07, 6.45) is 7.51. The molecule has 1 aromatic rings. The van der Waals surface area contributed by atoms with Crippen molar-refractivity contribution in [1.29, 1.82) is 0 Å². The molecule has 1 saturated carbocycles. The lowest BCUT2D eigenvalue weighted by Crippen LogP contribution is -2.15. The van der Waals surface area contributed by atoms with E-state index in [1.807, 2.05) is 12.4 Å². The van der Waals surface area contributed by atoms with Crippen LogP contribution in [0.15, 0.2) is 12.4 Å². The molecule has 15 heavy (non-hydrogen) atoms. The van der Waals surface area contributed by atoms with Crippen LogP contribution in [0.3, 0.4) is 0 Å². The molecule has 1 fully saturated rings. The van der Waals surface area contributed by atoms with Crippen LogP contribution in [0.5, 0.6) is 0 Å². The average molecular weight is 205 g/mol. The largest absolute Gasteiger partial charge is 0.310 e. The SMILES string of the molecule is CC(C)Cc1ncc(CNC2CC2)cn1. The summed E-state index contributed by atoms with van der Waals surface area (Å²) in [6.45, 7) is 5.28. The lowest BCUT2D eigenvalue weighted by atomic mass is 10.1. The number of nitrogens with one attached hydrogen (secondary N) is 1. The Morgan fingerprint density at radius 2 is 2.00 bits per heavy atom. The first-order valence-electron chi connectivity index (χ1n) is 5.77. The van der Waals surface area contributed by atoms with Gasteiger partial charge in [-0.05, 0) is 18.8 Å². The molecule has 1 aliphatic carbocycles. The number of hydrogen-bond donors (Lipinski definition) is 1. The summed E-state index contributed by atoms with van der Waals surface area (Å²) < 4.78 is 0.